The number of nitrogens with one attached hydrogen (secondary N) is 2. The Kier molecular flexibility index (Phi) is 6.92. The molecule has 3 rings (SSSR count). The molecule has 2 aromatic carbocycles. The fourth-order valence-electron chi connectivity index (χ4n) is 2.89. The van der Waals surface area contributed by atoms with Gasteiger partial charge in [-0.2, -0.15) is 0 Å². The quantitative estimate of drug-likeness (QED) is 0.646. The second-order valence-electron chi connectivity index (χ2n) is 6.64. The molecule has 1 aliphatic heterocycles. The molecule has 2 amide bonds. The van der Waals surface area contributed by atoms with Gasteiger partial charge in [0.05, 0.1) is 15.8 Å². The molecule has 2 aromatic rings. The summed E-state index contributed by atoms with van der Waals surface area (Å²) in [5.74, 6) is 0.155. The van der Waals surface area contributed by atoms with Gasteiger partial charge < -0.3 is 10.6 Å². The number of fused-ring (bicyclic) bond motifs is 1. The maximum absolute atomic E-state index is 13.0. The van der Waals surface area contributed by atoms with E-state index in [1.165, 1.54) is 30.8 Å². The number of carbonyl (C=O) groups excluding carboxylic acids is 2. The highest BCUT2D eigenvalue weighted by Gasteiger charge is 2.27. The van der Waals surface area contributed by atoms with Crippen LogP contribution in [0.4, 0.5) is 11.4 Å². The first-order chi connectivity index (χ1) is 13.8. The number of anilines is 2. The van der Waals surface area contributed by atoms with E-state index >= 15 is 0 Å². The molecule has 1 atom stereocenters. The van der Waals surface area contributed by atoms with E-state index in [-0.39, 0.29) is 23.1 Å². The summed E-state index contributed by atoms with van der Waals surface area (Å²) in [5, 5.41) is 4.61. The third-order valence-corrected chi connectivity index (χ3v) is 8.43. The zero-order chi connectivity index (χ0) is 21.0. The van der Waals surface area contributed by atoms with Crippen LogP contribution in [0.2, 0.25) is 0 Å². The minimum absolute atomic E-state index is 0.101. The molecule has 1 heterocycles. The molecule has 0 aliphatic carbocycles. The largest absolute Gasteiger partial charge is 0.326 e. The average Bonchev–Trinajstić information content (AvgIpc) is 2.87. The lowest BCUT2D eigenvalue weighted by Gasteiger charge is -2.15. The summed E-state index contributed by atoms with van der Waals surface area (Å²) in [6, 6.07) is 12.1. The molecular formula is C20H22N2O4S3. The van der Waals surface area contributed by atoms with Crippen molar-refractivity contribution < 1.29 is 18.0 Å². The zero-order valence-electron chi connectivity index (χ0n) is 16.1. The Hall–Kier alpha value is -1.97. The van der Waals surface area contributed by atoms with Gasteiger partial charge in [-0.25, -0.2) is 8.42 Å². The molecule has 1 aliphatic rings. The van der Waals surface area contributed by atoms with Crippen molar-refractivity contribution in [2.75, 3.05) is 22.6 Å². The Morgan fingerprint density at radius 3 is 2.83 bits per heavy atom. The van der Waals surface area contributed by atoms with Crippen molar-refractivity contribution in [2.45, 2.75) is 39.7 Å². The van der Waals surface area contributed by atoms with Crippen LogP contribution in [0.5, 0.6) is 0 Å². The van der Waals surface area contributed by atoms with E-state index in [2.05, 4.69) is 10.6 Å². The van der Waals surface area contributed by atoms with E-state index in [1.54, 1.807) is 23.9 Å². The van der Waals surface area contributed by atoms with Crippen LogP contribution in [0.15, 0.2) is 57.2 Å². The molecule has 0 radical (unpaired) electrons. The lowest BCUT2D eigenvalue weighted by Crippen LogP contribution is -2.25. The van der Waals surface area contributed by atoms with Crippen molar-refractivity contribution in [3.05, 3.63) is 42.5 Å². The number of sulfone groups is 1. The van der Waals surface area contributed by atoms with Crippen LogP contribution in [0.3, 0.4) is 0 Å². The Labute approximate surface area is 179 Å². The van der Waals surface area contributed by atoms with Gasteiger partial charge in [-0.1, -0.05) is 6.07 Å². The first kappa shape index (κ1) is 21.7. The van der Waals surface area contributed by atoms with Crippen LogP contribution < -0.4 is 10.6 Å². The normalized spacial score (nSPS) is 15.0. The van der Waals surface area contributed by atoms with Crippen molar-refractivity contribution in [2.24, 2.45) is 0 Å². The van der Waals surface area contributed by atoms with E-state index < -0.39 is 15.1 Å². The maximum atomic E-state index is 13.0. The molecule has 0 aromatic heterocycles. The minimum atomic E-state index is -3.73. The molecule has 29 heavy (non-hydrogen) atoms. The fraction of sp³-hybridized carbons (Fsp3) is 0.300. The molecule has 6 nitrogen and oxygen atoms in total. The SMILES string of the molecule is CSc1cccc(NC(=O)C[C@H](C)S(=O)(=O)c2ccc3c(c2)NC(=O)CCS3)c1. The van der Waals surface area contributed by atoms with Gasteiger partial charge in [0, 0.05) is 34.1 Å². The van der Waals surface area contributed by atoms with Crippen molar-refractivity contribution in [3.8, 4) is 0 Å². The van der Waals surface area contributed by atoms with Gasteiger partial charge in [-0.05, 0) is 49.6 Å². The van der Waals surface area contributed by atoms with Crippen molar-refractivity contribution in [3.63, 3.8) is 0 Å². The van der Waals surface area contributed by atoms with E-state index in [0.717, 1.165) is 9.79 Å². The molecule has 0 spiro atoms. The Morgan fingerprint density at radius 1 is 1.28 bits per heavy atom. The van der Waals surface area contributed by atoms with Gasteiger partial charge in [-0.3, -0.25) is 9.59 Å². The highest BCUT2D eigenvalue weighted by Crippen LogP contribution is 2.33. The number of amides is 2. The van der Waals surface area contributed by atoms with Crippen LogP contribution in [0.1, 0.15) is 19.8 Å². The van der Waals surface area contributed by atoms with Gasteiger partial charge in [0.25, 0.3) is 0 Å². The molecule has 9 heteroatoms. The molecule has 2 N–H and O–H groups in total. The number of hydrogen-bond acceptors (Lipinski definition) is 6. The zero-order valence-corrected chi connectivity index (χ0v) is 18.5. The number of benzene rings is 2. The lowest BCUT2D eigenvalue weighted by atomic mass is 10.3. The van der Waals surface area contributed by atoms with Crippen LogP contribution >= 0.6 is 23.5 Å². The van der Waals surface area contributed by atoms with Gasteiger partial charge in [0.15, 0.2) is 9.84 Å². The standard InChI is InChI=1S/C20H22N2O4S3/c1-13(10-20(24)21-14-4-3-5-15(11-14)27-2)29(25,26)16-6-7-18-17(12-16)22-19(23)8-9-28-18/h3-7,11-13H,8-10H2,1-2H3,(H,21,24)(H,22,23)/t13-/m0/s1. The number of rotatable bonds is 6. The van der Waals surface area contributed by atoms with Crippen molar-refractivity contribution in [1.82, 2.24) is 0 Å². The summed E-state index contributed by atoms with van der Waals surface area (Å²) < 4.78 is 25.9. The molecule has 0 unspecified atom stereocenters. The smallest absolute Gasteiger partial charge is 0.225 e. The predicted molar refractivity (Wildman–Crippen MR) is 119 cm³/mol. The Balaban J connectivity index is 1.73. The molecule has 0 saturated carbocycles. The maximum Gasteiger partial charge on any atom is 0.225 e. The predicted octanol–water partition coefficient (Wildman–Crippen LogP) is 4.03. The van der Waals surface area contributed by atoms with Gasteiger partial charge in [-0.15, -0.1) is 23.5 Å². The van der Waals surface area contributed by atoms with Crippen LogP contribution in [-0.4, -0.2) is 37.5 Å². The van der Waals surface area contributed by atoms with Crippen molar-refractivity contribution in [1.29, 1.82) is 0 Å². The summed E-state index contributed by atoms with van der Waals surface area (Å²) in [5.41, 5.74) is 1.14. The number of carbonyl (C=O) groups is 2. The van der Waals surface area contributed by atoms with Crippen LogP contribution in [0.25, 0.3) is 0 Å². The van der Waals surface area contributed by atoms with E-state index in [9.17, 15) is 18.0 Å². The second kappa shape index (κ2) is 9.23. The molecular weight excluding hydrogens is 428 g/mol. The Bertz CT molecular complexity index is 1040. The van der Waals surface area contributed by atoms with E-state index in [4.69, 9.17) is 0 Å². The lowest BCUT2D eigenvalue weighted by molar-refractivity contribution is -0.116. The summed E-state index contributed by atoms with van der Waals surface area (Å²) in [6.45, 7) is 1.52. The molecule has 0 saturated heterocycles. The third kappa shape index (κ3) is 5.34. The molecule has 0 fully saturated rings. The summed E-state index contributed by atoms with van der Waals surface area (Å²) in [7, 11) is -3.73. The summed E-state index contributed by atoms with van der Waals surface area (Å²) >= 11 is 3.07. The number of hydrogen-bond donors (Lipinski definition) is 2. The topological polar surface area (TPSA) is 92.3 Å². The van der Waals surface area contributed by atoms with Crippen molar-refractivity contribution >= 4 is 56.6 Å². The fourth-order valence-corrected chi connectivity index (χ4v) is 5.66. The average molecular weight is 451 g/mol. The second-order valence-corrected chi connectivity index (χ2v) is 11.0. The monoisotopic (exact) mass is 450 g/mol. The molecule has 0 bridgehead atoms. The third-order valence-electron chi connectivity index (χ3n) is 4.50. The van der Waals surface area contributed by atoms with Crippen LogP contribution in [0, 0.1) is 0 Å². The van der Waals surface area contributed by atoms with Gasteiger partial charge in [0.2, 0.25) is 11.8 Å². The molecule has 154 valence electrons. The highest BCUT2D eigenvalue weighted by molar-refractivity contribution is 7.99. The first-order valence-corrected chi connectivity index (χ1v) is 12.8. The van der Waals surface area contributed by atoms with E-state index in [1.807, 2.05) is 24.5 Å². The Morgan fingerprint density at radius 2 is 2.07 bits per heavy atom. The highest BCUT2D eigenvalue weighted by atomic mass is 32.2. The summed E-state index contributed by atoms with van der Waals surface area (Å²) in [6.07, 6.45) is 2.16. The minimum Gasteiger partial charge on any atom is -0.326 e. The van der Waals surface area contributed by atoms with Gasteiger partial charge >= 0.3 is 0 Å². The number of thioether (sulfide) groups is 2. The van der Waals surface area contributed by atoms with Gasteiger partial charge in [0.1, 0.15) is 0 Å². The van der Waals surface area contributed by atoms with E-state index in [0.29, 0.717) is 23.5 Å². The summed E-state index contributed by atoms with van der Waals surface area (Å²) in [4.78, 5) is 26.1. The first-order valence-electron chi connectivity index (χ1n) is 9.04. The van der Waals surface area contributed by atoms with Crippen LogP contribution in [-0.2, 0) is 19.4 Å².